The maximum absolute atomic E-state index is 12.6. The first-order valence-corrected chi connectivity index (χ1v) is 9.86. The van der Waals surface area contributed by atoms with Crippen molar-refractivity contribution in [1.82, 2.24) is 5.32 Å². The molecule has 1 heterocycles. The van der Waals surface area contributed by atoms with Crippen molar-refractivity contribution in [2.45, 2.75) is 65.1 Å². The van der Waals surface area contributed by atoms with Crippen LogP contribution < -0.4 is 5.32 Å². The first-order valence-electron chi connectivity index (χ1n) is 9.86. The summed E-state index contributed by atoms with van der Waals surface area (Å²) in [6.45, 7) is 7.50. The molecule has 1 aromatic carbocycles. The minimum atomic E-state index is -1.50. The second-order valence-corrected chi connectivity index (χ2v) is 8.50. The number of hydrogen-bond acceptors (Lipinski definition) is 9. The van der Waals surface area contributed by atoms with Crippen LogP contribution in [0.15, 0.2) is 41.7 Å². The topological polar surface area (TPSA) is 137 Å². The molecule has 1 saturated heterocycles. The SMILES string of the molecule is CC(C)(C)OC(=O)N[C@@H](CC(O)=C1C(=O)OC(C)(C)OC1=O)C(=O)OCc1ccccc1. The van der Waals surface area contributed by atoms with Crippen molar-refractivity contribution >= 4 is 24.0 Å². The number of benzene rings is 1. The average molecular weight is 449 g/mol. The molecule has 1 fully saturated rings. The van der Waals surface area contributed by atoms with Crippen LogP contribution in [0.5, 0.6) is 0 Å². The molecule has 1 atom stereocenters. The highest BCUT2D eigenvalue weighted by Gasteiger charge is 2.42. The van der Waals surface area contributed by atoms with Gasteiger partial charge in [0.2, 0.25) is 0 Å². The van der Waals surface area contributed by atoms with E-state index in [-0.39, 0.29) is 6.61 Å². The summed E-state index contributed by atoms with van der Waals surface area (Å²) in [6, 6.07) is 7.33. The van der Waals surface area contributed by atoms with Crippen molar-refractivity contribution < 1.29 is 43.2 Å². The van der Waals surface area contributed by atoms with Gasteiger partial charge in [-0.15, -0.1) is 0 Å². The summed E-state index contributed by atoms with van der Waals surface area (Å²) in [7, 11) is 0. The summed E-state index contributed by atoms with van der Waals surface area (Å²) in [5.41, 5.74) is -0.927. The van der Waals surface area contributed by atoms with Crippen molar-refractivity contribution in [3.63, 3.8) is 0 Å². The van der Waals surface area contributed by atoms with E-state index >= 15 is 0 Å². The Hall–Kier alpha value is -3.56. The lowest BCUT2D eigenvalue weighted by atomic mass is 10.1. The fraction of sp³-hybridized carbons (Fsp3) is 0.455. The number of nitrogens with one attached hydrogen (secondary N) is 1. The summed E-state index contributed by atoms with van der Waals surface area (Å²) in [5.74, 6) is -5.44. The zero-order chi connectivity index (χ0) is 24.1. The third kappa shape index (κ3) is 7.29. The Balaban J connectivity index is 2.21. The highest BCUT2D eigenvalue weighted by Crippen LogP contribution is 2.25. The Morgan fingerprint density at radius 1 is 1.09 bits per heavy atom. The second-order valence-electron chi connectivity index (χ2n) is 8.50. The summed E-state index contributed by atoms with van der Waals surface area (Å²) >= 11 is 0. The summed E-state index contributed by atoms with van der Waals surface area (Å²) in [5, 5.41) is 12.7. The van der Waals surface area contributed by atoms with E-state index < -0.39 is 59.2 Å². The quantitative estimate of drug-likeness (QED) is 0.221. The van der Waals surface area contributed by atoms with E-state index in [2.05, 4.69) is 5.32 Å². The number of amides is 1. The zero-order valence-corrected chi connectivity index (χ0v) is 18.6. The number of hydrogen-bond donors (Lipinski definition) is 2. The zero-order valence-electron chi connectivity index (χ0n) is 18.6. The van der Waals surface area contributed by atoms with Gasteiger partial charge in [0.25, 0.3) is 5.79 Å². The molecule has 2 rings (SSSR count). The van der Waals surface area contributed by atoms with E-state index in [1.807, 2.05) is 0 Å². The number of carbonyl (C=O) groups is 4. The fourth-order valence-electron chi connectivity index (χ4n) is 2.66. The lowest BCUT2D eigenvalue weighted by Gasteiger charge is -2.30. The molecule has 32 heavy (non-hydrogen) atoms. The van der Waals surface area contributed by atoms with Crippen LogP contribution in [0.1, 0.15) is 46.6 Å². The van der Waals surface area contributed by atoms with Crippen LogP contribution in [-0.2, 0) is 39.9 Å². The molecule has 10 heteroatoms. The smallest absolute Gasteiger partial charge is 0.408 e. The normalized spacial score (nSPS) is 16.3. The van der Waals surface area contributed by atoms with Gasteiger partial charge in [-0.05, 0) is 26.3 Å². The molecular weight excluding hydrogens is 422 g/mol. The number of cyclic esters (lactones) is 2. The monoisotopic (exact) mass is 449 g/mol. The Kier molecular flexibility index (Phi) is 7.50. The number of rotatable bonds is 6. The first-order chi connectivity index (χ1) is 14.8. The van der Waals surface area contributed by atoms with Gasteiger partial charge >= 0.3 is 24.0 Å². The van der Waals surface area contributed by atoms with Crippen molar-refractivity contribution in [3.05, 3.63) is 47.2 Å². The van der Waals surface area contributed by atoms with Gasteiger partial charge in [0.1, 0.15) is 24.0 Å². The Morgan fingerprint density at radius 2 is 1.66 bits per heavy atom. The number of aliphatic hydroxyl groups is 1. The van der Waals surface area contributed by atoms with Crippen LogP contribution in [0.4, 0.5) is 4.79 Å². The van der Waals surface area contributed by atoms with Crippen molar-refractivity contribution in [2.75, 3.05) is 0 Å². The molecule has 0 saturated carbocycles. The van der Waals surface area contributed by atoms with Gasteiger partial charge in [0.05, 0.1) is 0 Å². The molecule has 0 bridgehead atoms. The molecule has 0 aromatic heterocycles. The van der Waals surface area contributed by atoms with E-state index in [0.29, 0.717) is 5.56 Å². The average Bonchev–Trinajstić information content (AvgIpc) is 2.63. The molecule has 1 aliphatic heterocycles. The number of alkyl carbamates (subject to hydrolysis) is 1. The van der Waals surface area contributed by atoms with Crippen LogP contribution in [0.2, 0.25) is 0 Å². The van der Waals surface area contributed by atoms with Gasteiger partial charge in [-0.2, -0.15) is 0 Å². The van der Waals surface area contributed by atoms with Gasteiger partial charge in [0.15, 0.2) is 5.57 Å². The number of carbonyl (C=O) groups excluding carboxylic acids is 4. The van der Waals surface area contributed by atoms with Crippen molar-refractivity contribution in [1.29, 1.82) is 0 Å². The minimum absolute atomic E-state index is 0.0955. The molecule has 0 radical (unpaired) electrons. The molecule has 10 nitrogen and oxygen atoms in total. The third-order valence-electron chi connectivity index (χ3n) is 3.97. The number of ether oxygens (including phenoxy) is 4. The Morgan fingerprint density at radius 3 is 2.19 bits per heavy atom. The predicted molar refractivity (Wildman–Crippen MR) is 110 cm³/mol. The molecule has 0 aliphatic carbocycles. The molecule has 174 valence electrons. The number of aliphatic hydroxyl groups excluding tert-OH is 1. The van der Waals surface area contributed by atoms with Crippen LogP contribution in [0.3, 0.4) is 0 Å². The first kappa shape index (κ1) is 24.7. The van der Waals surface area contributed by atoms with Gasteiger partial charge in [-0.25, -0.2) is 19.2 Å². The number of esters is 3. The Labute approximate surface area is 185 Å². The van der Waals surface area contributed by atoms with Crippen LogP contribution in [0.25, 0.3) is 0 Å². The molecule has 2 N–H and O–H groups in total. The van der Waals surface area contributed by atoms with E-state index in [1.54, 1.807) is 51.1 Å². The summed E-state index contributed by atoms with van der Waals surface area (Å²) in [4.78, 5) is 49.2. The molecule has 1 aromatic rings. The van der Waals surface area contributed by atoms with Crippen LogP contribution in [0, 0.1) is 0 Å². The third-order valence-corrected chi connectivity index (χ3v) is 3.97. The van der Waals surface area contributed by atoms with Crippen molar-refractivity contribution in [2.24, 2.45) is 0 Å². The largest absolute Gasteiger partial charge is 0.511 e. The molecule has 0 spiro atoms. The minimum Gasteiger partial charge on any atom is -0.511 e. The van der Waals surface area contributed by atoms with Gasteiger partial charge in [0, 0.05) is 20.3 Å². The second kappa shape index (κ2) is 9.71. The Bertz CT molecular complexity index is 891. The van der Waals surface area contributed by atoms with Gasteiger partial charge in [-0.3, -0.25) is 0 Å². The molecule has 1 amide bonds. The van der Waals surface area contributed by atoms with E-state index in [0.717, 1.165) is 0 Å². The van der Waals surface area contributed by atoms with E-state index in [4.69, 9.17) is 18.9 Å². The highest BCUT2D eigenvalue weighted by molar-refractivity contribution is 6.15. The highest BCUT2D eigenvalue weighted by atomic mass is 16.7. The lowest BCUT2D eigenvalue weighted by Crippen LogP contribution is -2.45. The standard InChI is InChI=1S/C22H27NO9/c1-21(2,3)32-20(28)23-14(17(25)29-12-13-9-7-6-8-10-13)11-15(24)16-18(26)30-22(4,5)31-19(16)27/h6-10,14,24H,11-12H2,1-5H3,(H,23,28)/t14-/m0/s1. The lowest BCUT2D eigenvalue weighted by molar-refractivity contribution is -0.222. The summed E-state index contributed by atoms with van der Waals surface area (Å²) < 4.78 is 20.2. The predicted octanol–water partition coefficient (Wildman–Crippen LogP) is 2.66. The van der Waals surface area contributed by atoms with Crippen molar-refractivity contribution in [3.8, 4) is 0 Å². The fourth-order valence-corrected chi connectivity index (χ4v) is 2.66. The van der Waals surface area contributed by atoms with Crippen LogP contribution in [-0.4, -0.2) is 46.5 Å². The maximum atomic E-state index is 12.6. The van der Waals surface area contributed by atoms with E-state index in [1.165, 1.54) is 13.8 Å². The van der Waals surface area contributed by atoms with Gasteiger partial charge in [-0.1, -0.05) is 30.3 Å². The molecular formula is C22H27NO9. The molecule has 1 aliphatic rings. The van der Waals surface area contributed by atoms with E-state index in [9.17, 15) is 24.3 Å². The van der Waals surface area contributed by atoms with Crippen LogP contribution >= 0.6 is 0 Å². The van der Waals surface area contributed by atoms with Gasteiger partial charge < -0.3 is 29.4 Å². The summed E-state index contributed by atoms with van der Waals surface area (Å²) in [6.07, 6.45) is -1.58. The molecule has 0 unspecified atom stereocenters. The maximum Gasteiger partial charge on any atom is 0.408 e.